The van der Waals surface area contributed by atoms with Gasteiger partial charge in [-0.3, -0.25) is 0 Å². The van der Waals surface area contributed by atoms with Gasteiger partial charge in [0.05, 0.1) is 0 Å². The third-order valence-corrected chi connectivity index (χ3v) is 2.82. The predicted molar refractivity (Wildman–Crippen MR) is 70.7 cm³/mol. The first-order chi connectivity index (χ1) is 8.95. The zero-order chi connectivity index (χ0) is 14.0. The van der Waals surface area contributed by atoms with Crippen LogP contribution in [0.5, 0.6) is 5.75 Å². The Morgan fingerprint density at radius 2 is 1.79 bits per heavy atom. The van der Waals surface area contributed by atoms with Crippen LogP contribution in [0.25, 0.3) is 0 Å². The van der Waals surface area contributed by atoms with Gasteiger partial charge in [-0.25, -0.2) is 4.79 Å². The van der Waals surface area contributed by atoms with Crippen LogP contribution in [0.1, 0.15) is 33.0 Å². The average Bonchev–Trinajstić information content (AvgIpc) is 2.67. The summed E-state index contributed by atoms with van der Waals surface area (Å²) in [7, 11) is 0. The molecule has 0 amide bonds. The number of rotatable bonds is 4. The van der Waals surface area contributed by atoms with E-state index in [-0.39, 0.29) is 5.76 Å². The van der Waals surface area contributed by atoms with Gasteiger partial charge in [0.25, 0.3) is 0 Å². The lowest BCUT2D eigenvalue weighted by atomic mass is 10.1. The molecule has 0 fully saturated rings. The van der Waals surface area contributed by atoms with E-state index in [1.54, 1.807) is 6.92 Å². The van der Waals surface area contributed by atoms with E-state index >= 15 is 0 Å². The number of carboxylic acid groups (broad SMARTS) is 1. The molecule has 2 rings (SSSR count). The molecule has 1 N–H and O–H groups in total. The molecular formula is C15H16O4. The van der Waals surface area contributed by atoms with Crippen molar-refractivity contribution in [1.82, 2.24) is 0 Å². The maximum absolute atomic E-state index is 10.8. The molecule has 4 heteroatoms. The van der Waals surface area contributed by atoms with Crippen molar-refractivity contribution in [2.24, 2.45) is 0 Å². The van der Waals surface area contributed by atoms with Gasteiger partial charge in [-0.15, -0.1) is 0 Å². The van der Waals surface area contributed by atoms with Gasteiger partial charge >= 0.3 is 5.97 Å². The second-order valence-electron chi connectivity index (χ2n) is 4.61. The molecule has 2 aromatic rings. The first-order valence-electron chi connectivity index (χ1n) is 5.99. The van der Waals surface area contributed by atoms with Crippen molar-refractivity contribution in [1.29, 1.82) is 0 Å². The molecule has 0 aliphatic carbocycles. The van der Waals surface area contributed by atoms with E-state index in [1.165, 1.54) is 6.07 Å². The zero-order valence-electron chi connectivity index (χ0n) is 11.2. The minimum atomic E-state index is -1.07. The van der Waals surface area contributed by atoms with Crippen molar-refractivity contribution in [2.75, 3.05) is 0 Å². The van der Waals surface area contributed by atoms with Crippen LogP contribution in [0.3, 0.4) is 0 Å². The minimum absolute atomic E-state index is 0.0588. The summed E-state index contributed by atoms with van der Waals surface area (Å²) in [6.45, 7) is 6.04. The summed E-state index contributed by atoms with van der Waals surface area (Å²) >= 11 is 0. The summed E-state index contributed by atoms with van der Waals surface area (Å²) in [6.07, 6.45) is 0. The monoisotopic (exact) mass is 260 g/mol. The number of ether oxygens (including phenoxy) is 1. The number of hydrogen-bond acceptors (Lipinski definition) is 3. The fourth-order valence-corrected chi connectivity index (χ4v) is 1.95. The number of furan rings is 1. The Labute approximate surface area is 111 Å². The molecular weight excluding hydrogens is 244 g/mol. The quantitative estimate of drug-likeness (QED) is 0.914. The molecule has 0 spiro atoms. The molecule has 0 aliphatic heterocycles. The molecule has 0 bridgehead atoms. The summed E-state index contributed by atoms with van der Waals surface area (Å²) in [5.41, 5.74) is 3.01. The lowest BCUT2D eigenvalue weighted by molar-refractivity contribution is 0.0661. The Kier molecular flexibility index (Phi) is 3.60. The minimum Gasteiger partial charge on any atom is -0.489 e. The van der Waals surface area contributed by atoms with Crippen LogP contribution in [0, 0.1) is 20.8 Å². The molecule has 0 saturated carbocycles. The van der Waals surface area contributed by atoms with Crippen LogP contribution in [0.4, 0.5) is 0 Å². The van der Waals surface area contributed by atoms with Crippen molar-refractivity contribution < 1.29 is 19.1 Å². The highest BCUT2D eigenvalue weighted by Gasteiger charge is 2.13. The Morgan fingerprint density at radius 1 is 1.16 bits per heavy atom. The Hall–Kier alpha value is -2.23. The standard InChI is InChI=1S/C15H16O4/c1-9-4-10(2)6-13(5-9)18-8-12-7-14(15(16)17)19-11(12)3/h4-7H,8H2,1-3H3,(H,16,17). The van der Waals surface area contributed by atoms with Gasteiger partial charge in [0.15, 0.2) is 0 Å². The lowest BCUT2D eigenvalue weighted by Gasteiger charge is -2.07. The van der Waals surface area contributed by atoms with Crippen LogP contribution < -0.4 is 4.74 Å². The predicted octanol–water partition coefficient (Wildman–Crippen LogP) is 3.48. The first-order valence-corrected chi connectivity index (χ1v) is 5.99. The van der Waals surface area contributed by atoms with Crippen molar-refractivity contribution in [3.05, 3.63) is 52.5 Å². The zero-order valence-corrected chi connectivity index (χ0v) is 11.2. The number of carbonyl (C=O) groups is 1. The first kappa shape index (κ1) is 13.2. The highest BCUT2D eigenvalue weighted by molar-refractivity contribution is 5.84. The van der Waals surface area contributed by atoms with E-state index in [1.807, 2.05) is 26.0 Å². The van der Waals surface area contributed by atoms with Crippen molar-refractivity contribution in [3.63, 3.8) is 0 Å². The van der Waals surface area contributed by atoms with Crippen LogP contribution in [0.2, 0.25) is 0 Å². The van der Waals surface area contributed by atoms with Gasteiger partial charge in [-0.05, 0) is 50.1 Å². The summed E-state index contributed by atoms with van der Waals surface area (Å²) < 4.78 is 10.8. The average molecular weight is 260 g/mol. The molecule has 19 heavy (non-hydrogen) atoms. The Morgan fingerprint density at radius 3 is 2.32 bits per heavy atom. The highest BCUT2D eigenvalue weighted by atomic mass is 16.5. The Bertz CT molecular complexity index is 590. The molecule has 1 aromatic heterocycles. The van der Waals surface area contributed by atoms with Crippen molar-refractivity contribution >= 4 is 5.97 Å². The molecule has 1 heterocycles. The van der Waals surface area contributed by atoms with Crippen molar-refractivity contribution in [2.45, 2.75) is 27.4 Å². The van der Waals surface area contributed by atoms with Gasteiger partial charge in [-0.1, -0.05) is 6.07 Å². The number of aryl methyl sites for hydroxylation is 3. The van der Waals surface area contributed by atoms with Gasteiger partial charge < -0.3 is 14.3 Å². The second-order valence-corrected chi connectivity index (χ2v) is 4.61. The smallest absolute Gasteiger partial charge is 0.371 e. The van der Waals surface area contributed by atoms with Crippen molar-refractivity contribution in [3.8, 4) is 5.75 Å². The Balaban J connectivity index is 2.12. The summed E-state index contributed by atoms with van der Waals surface area (Å²) in [4.78, 5) is 10.8. The summed E-state index contributed by atoms with van der Waals surface area (Å²) in [5, 5.41) is 8.85. The maximum atomic E-state index is 10.8. The lowest BCUT2D eigenvalue weighted by Crippen LogP contribution is -1.96. The number of carboxylic acids is 1. The maximum Gasteiger partial charge on any atom is 0.371 e. The molecule has 0 atom stereocenters. The third kappa shape index (κ3) is 3.16. The molecule has 1 aromatic carbocycles. The van der Waals surface area contributed by atoms with Gasteiger partial charge in [-0.2, -0.15) is 0 Å². The van der Waals surface area contributed by atoms with Gasteiger partial charge in [0.1, 0.15) is 18.1 Å². The fourth-order valence-electron chi connectivity index (χ4n) is 1.95. The van der Waals surface area contributed by atoms with E-state index in [0.29, 0.717) is 12.4 Å². The normalized spacial score (nSPS) is 10.5. The number of aromatic carboxylic acids is 1. The van der Waals surface area contributed by atoms with E-state index in [2.05, 4.69) is 6.07 Å². The topological polar surface area (TPSA) is 59.7 Å². The van der Waals surface area contributed by atoms with Crippen LogP contribution >= 0.6 is 0 Å². The molecule has 4 nitrogen and oxygen atoms in total. The summed E-state index contributed by atoms with van der Waals surface area (Å²) in [6, 6.07) is 7.46. The SMILES string of the molecule is Cc1cc(C)cc(OCc2cc(C(=O)O)oc2C)c1. The molecule has 0 aliphatic rings. The second kappa shape index (κ2) is 5.18. The van der Waals surface area contributed by atoms with E-state index in [0.717, 1.165) is 22.4 Å². The molecule has 0 saturated heterocycles. The van der Waals surface area contributed by atoms with Crippen LogP contribution in [0.15, 0.2) is 28.7 Å². The van der Waals surface area contributed by atoms with E-state index in [9.17, 15) is 4.79 Å². The van der Waals surface area contributed by atoms with Gasteiger partial charge in [0.2, 0.25) is 5.76 Å². The van der Waals surface area contributed by atoms with Crippen LogP contribution in [-0.2, 0) is 6.61 Å². The third-order valence-electron chi connectivity index (χ3n) is 2.82. The molecule has 100 valence electrons. The fraction of sp³-hybridized carbons (Fsp3) is 0.267. The molecule has 0 radical (unpaired) electrons. The number of benzene rings is 1. The van der Waals surface area contributed by atoms with Crippen LogP contribution in [-0.4, -0.2) is 11.1 Å². The highest BCUT2D eigenvalue weighted by Crippen LogP contribution is 2.20. The van der Waals surface area contributed by atoms with E-state index in [4.69, 9.17) is 14.3 Å². The molecule has 0 unspecified atom stereocenters. The summed E-state index contributed by atoms with van der Waals surface area (Å²) in [5.74, 6) is 0.217. The van der Waals surface area contributed by atoms with E-state index < -0.39 is 5.97 Å². The largest absolute Gasteiger partial charge is 0.489 e. The number of hydrogen-bond donors (Lipinski definition) is 1. The van der Waals surface area contributed by atoms with Gasteiger partial charge in [0, 0.05) is 5.56 Å².